The van der Waals surface area contributed by atoms with Crippen LogP contribution in [0.15, 0.2) is 22.9 Å². The second-order valence-corrected chi connectivity index (χ2v) is 7.79. The van der Waals surface area contributed by atoms with Gasteiger partial charge >= 0.3 is 0 Å². The van der Waals surface area contributed by atoms with Crippen LogP contribution in [0.1, 0.15) is 20.8 Å². The van der Waals surface area contributed by atoms with Gasteiger partial charge in [-0.3, -0.25) is 10.1 Å². The average Bonchev–Trinajstić information content (AvgIpc) is 2.50. The van der Waals surface area contributed by atoms with E-state index in [4.69, 9.17) is 0 Å². The van der Waals surface area contributed by atoms with E-state index in [0.29, 0.717) is 5.65 Å². The van der Waals surface area contributed by atoms with E-state index < -0.39 is 5.41 Å². The van der Waals surface area contributed by atoms with Gasteiger partial charge in [0.05, 0.1) is 0 Å². The number of fused-ring (bicyclic) bond motifs is 2. The maximum absolute atomic E-state index is 11.8. The molecule has 2 aliphatic heterocycles. The van der Waals surface area contributed by atoms with Gasteiger partial charge in [-0.1, -0.05) is 20.8 Å². The van der Waals surface area contributed by atoms with Crippen LogP contribution in [0.2, 0.25) is 0 Å². The van der Waals surface area contributed by atoms with Gasteiger partial charge < -0.3 is 0 Å². The fourth-order valence-corrected chi connectivity index (χ4v) is 2.58. The molecule has 0 aliphatic carbocycles. The number of nitrogens with zero attached hydrogens (tertiary/aromatic N) is 5. The summed E-state index contributed by atoms with van der Waals surface area (Å²) < 4.78 is 0.866. The minimum atomic E-state index is -0.481. The van der Waals surface area contributed by atoms with Gasteiger partial charge in [0.1, 0.15) is 0 Å². The Morgan fingerprint density at radius 1 is 1.12 bits per heavy atom. The minimum absolute atomic E-state index is 0.126. The number of hydrazine groups is 1. The molecule has 2 aromatic heterocycles. The zero-order chi connectivity index (χ0) is 17.3. The molecule has 4 heterocycles. The van der Waals surface area contributed by atoms with E-state index in [2.05, 4.69) is 46.2 Å². The number of hydrogen-bond donors (Lipinski definition) is 1. The molecule has 0 atom stereocenters. The molecule has 4 rings (SSSR count). The van der Waals surface area contributed by atoms with Crippen molar-refractivity contribution in [3.63, 3.8) is 0 Å². The van der Waals surface area contributed by atoms with Crippen molar-refractivity contribution in [3.05, 3.63) is 22.9 Å². The molecule has 2 saturated heterocycles. The van der Waals surface area contributed by atoms with E-state index in [9.17, 15) is 4.79 Å². The third kappa shape index (κ3) is 3.88. The zero-order valence-corrected chi connectivity index (χ0v) is 15.7. The largest absolute Gasteiger partial charge is 0.294 e. The molecule has 0 saturated carbocycles. The van der Waals surface area contributed by atoms with Crippen LogP contribution in [0.25, 0.3) is 11.0 Å². The van der Waals surface area contributed by atoms with Crippen LogP contribution in [-0.2, 0) is 4.79 Å². The average molecular weight is 393 g/mol. The van der Waals surface area contributed by atoms with Gasteiger partial charge in [-0.25, -0.2) is 20.0 Å². The topological polar surface area (TPSA) is 74.2 Å². The van der Waals surface area contributed by atoms with Gasteiger partial charge in [0.25, 0.3) is 0 Å². The molecule has 0 unspecified atom stereocenters. The van der Waals surface area contributed by atoms with Crippen LogP contribution in [0.4, 0.5) is 5.95 Å². The molecule has 1 amide bonds. The maximum atomic E-state index is 11.8. The summed E-state index contributed by atoms with van der Waals surface area (Å²) in [6.07, 6.45) is 3.29. The Labute approximate surface area is 149 Å². The van der Waals surface area contributed by atoms with Crippen LogP contribution in [0.5, 0.6) is 0 Å². The van der Waals surface area contributed by atoms with Crippen molar-refractivity contribution in [3.8, 4) is 0 Å². The molecule has 7 nitrogen and oxygen atoms in total. The van der Waals surface area contributed by atoms with Crippen LogP contribution in [0.3, 0.4) is 0 Å². The first kappa shape index (κ1) is 17.2. The lowest BCUT2D eigenvalue weighted by Crippen LogP contribution is -2.68. The molecule has 2 aromatic rings. The highest BCUT2D eigenvalue weighted by Crippen LogP contribution is 2.18. The monoisotopic (exact) mass is 392 g/mol. The number of carbonyl (C=O) groups excluding carboxylic acids is 1. The Hall–Kier alpha value is -1.64. The van der Waals surface area contributed by atoms with Crippen LogP contribution in [-0.4, -0.2) is 57.1 Å². The van der Waals surface area contributed by atoms with Crippen LogP contribution in [0, 0.1) is 5.41 Å². The minimum Gasteiger partial charge on any atom is -0.294 e. The van der Waals surface area contributed by atoms with E-state index >= 15 is 0 Å². The first-order chi connectivity index (χ1) is 11.3. The van der Waals surface area contributed by atoms with Gasteiger partial charge in [0.15, 0.2) is 5.65 Å². The highest BCUT2D eigenvalue weighted by Gasteiger charge is 2.32. The molecular weight excluding hydrogens is 372 g/mol. The first-order valence-electron chi connectivity index (χ1n) is 7.92. The fraction of sp³-hybridized carbons (Fsp3) is 0.500. The zero-order valence-electron chi connectivity index (χ0n) is 14.1. The number of anilines is 1. The quantitative estimate of drug-likeness (QED) is 0.802. The van der Waals surface area contributed by atoms with Crippen molar-refractivity contribution in [2.24, 2.45) is 5.41 Å². The number of hydrogen-bond acceptors (Lipinski definition) is 6. The Morgan fingerprint density at radius 2 is 1.75 bits per heavy atom. The first-order valence-corrected chi connectivity index (χ1v) is 8.72. The normalized spacial score (nSPS) is 17.2. The van der Waals surface area contributed by atoms with Crippen molar-refractivity contribution in [2.75, 3.05) is 31.5 Å². The third-order valence-electron chi connectivity index (χ3n) is 3.94. The van der Waals surface area contributed by atoms with Crippen molar-refractivity contribution in [1.82, 2.24) is 25.0 Å². The molecule has 0 spiro atoms. The maximum Gasteiger partial charge on any atom is 0.232 e. The second-order valence-electron chi connectivity index (χ2n) is 6.87. The lowest BCUT2D eigenvalue weighted by Gasteiger charge is -2.52. The summed E-state index contributed by atoms with van der Waals surface area (Å²) in [5, 5.41) is 8.22. The highest BCUT2D eigenvalue weighted by molar-refractivity contribution is 9.10. The summed E-state index contributed by atoms with van der Waals surface area (Å²) >= 11 is 3.33. The molecule has 2 aliphatic rings. The van der Waals surface area contributed by atoms with Crippen molar-refractivity contribution < 1.29 is 4.79 Å². The molecule has 0 aromatic carbocycles. The summed E-state index contributed by atoms with van der Waals surface area (Å²) in [7, 11) is 0. The fourth-order valence-electron chi connectivity index (χ4n) is 2.23. The van der Waals surface area contributed by atoms with Crippen LogP contribution >= 0.6 is 15.9 Å². The number of rotatable bonds is 1. The Kier molecular flexibility index (Phi) is 4.80. The van der Waals surface area contributed by atoms with Gasteiger partial charge in [0, 0.05) is 53.8 Å². The summed E-state index contributed by atoms with van der Waals surface area (Å²) in [5.74, 6) is 0.149. The van der Waals surface area contributed by atoms with Crippen LogP contribution < -0.4 is 5.32 Å². The molecular formula is C16H21BrN6O. The predicted molar refractivity (Wildman–Crippen MR) is 96.3 cm³/mol. The Bertz CT molecular complexity index is 742. The van der Waals surface area contributed by atoms with E-state index in [1.54, 1.807) is 12.4 Å². The van der Waals surface area contributed by atoms with Gasteiger partial charge in [0.2, 0.25) is 11.9 Å². The van der Waals surface area contributed by atoms with Crippen molar-refractivity contribution in [2.45, 2.75) is 20.8 Å². The van der Waals surface area contributed by atoms with E-state index in [1.807, 2.05) is 26.8 Å². The molecule has 128 valence electrons. The Morgan fingerprint density at radius 3 is 2.25 bits per heavy atom. The van der Waals surface area contributed by atoms with E-state index in [-0.39, 0.29) is 11.9 Å². The molecule has 0 bridgehead atoms. The summed E-state index contributed by atoms with van der Waals surface area (Å²) in [6.45, 7) is 10.8. The SMILES string of the molecule is C1CN2CCN12.CC(C)(C)C(=O)Nc1ncc2cc(Br)cnc2n1. The number of halogens is 1. The molecule has 1 N–H and O–H groups in total. The summed E-state index contributed by atoms with van der Waals surface area (Å²) in [6, 6.07) is 1.87. The van der Waals surface area contributed by atoms with Crippen molar-refractivity contribution in [1.29, 1.82) is 0 Å². The predicted octanol–water partition coefficient (Wildman–Crippen LogP) is 2.30. The van der Waals surface area contributed by atoms with Gasteiger partial charge in [-0.2, -0.15) is 4.98 Å². The number of amides is 1. The Balaban J connectivity index is 0.000000231. The summed E-state index contributed by atoms with van der Waals surface area (Å²) in [4.78, 5) is 24.3. The number of nitrogens with one attached hydrogen (secondary N) is 1. The summed E-state index contributed by atoms with van der Waals surface area (Å²) in [5.41, 5.74) is 0.0725. The standard InChI is InChI=1S/C12H13BrN4O.C4H8N2/c1-12(2,3)10(18)17-11-15-5-7-4-8(13)6-14-9(7)16-11;1-2-6-4-3-5(1)6/h4-6H,1-3H3,(H,14,15,16,17,18);1-4H2. The number of piperazine rings is 1. The van der Waals surface area contributed by atoms with Gasteiger partial charge in [-0.15, -0.1) is 0 Å². The number of aromatic nitrogens is 3. The van der Waals surface area contributed by atoms with E-state index in [1.165, 1.54) is 26.2 Å². The number of carbonyl (C=O) groups is 1. The van der Waals surface area contributed by atoms with E-state index in [0.717, 1.165) is 9.86 Å². The number of pyridine rings is 1. The third-order valence-corrected chi connectivity index (χ3v) is 4.37. The lowest BCUT2D eigenvalue weighted by molar-refractivity contribution is -0.189. The molecule has 24 heavy (non-hydrogen) atoms. The lowest BCUT2D eigenvalue weighted by atomic mass is 9.96. The van der Waals surface area contributed by atoms with Crippen molar-refractivity contribution >= 4 is 38.8 Å². The second kappa shape index (κ2) is 6.70. The van der Waals surface area contributed by atoms with Gasteiger partial charge in [-0.05, 0) is 22.0 Å². The molecule has 0 radical (unpaired) electrons. The molecule has 8 heteroatoms. The molecule has 2 fully saturated rings. The highest BCUT2D eigenvalue weighted by atomic mass is 79.9. The smallest absolute Gasteiger partial charge is 0.232 e.